The van der Waals surface area contributed by atoms with Gasteiger partial charge >= 0.3 is 0 Å². The standard InChI is InChI=1S/C14H14BO.C3H9N/c1-16-14-9-7-12(8-10-14)11-15-13-5-3-2-4-6-13;1-4(2)3/h2-10H,11H2,1H3;1-3H3. The van der Waals surface area contributed by atoms with Gasteiger partial charge in [0.2, 0.25) is 0 Å². The SMILES string of the molecule is CN(C)C.COc1ccc(C[B]c2ccccc2)cc1. The van der Waals surface area contributed by atoms with Crippen LogP contribution in [-0.4, -0.2) is 40.4 Å². The fourth-order valence-corrected chi connectivity index (χ4v) is 1.59. The Kier molecular flexibility index (Phi) is 7.52. The van der Waals surface area contributed by atoms with Crippen molar-refractivity contribution in [3.63, 3.8) is 0 Å². The van der Waals surface area contributed by atoms with Crippen LogP contribution >= 0.6 is 0 Å². The quantitative estimate of drug-likeness (QED) is 0.789. The molecule has 0 aromatic heterocycles. The van der Waals surface area contributed by atoms with Crippen molar-refractivity contribution in [3.05, 3.63) is 60.2 Å². The van der Waals surface area contributed by atoms with Crippen molar-refractivity contribution >= 4 is 12.7 Å². The molecule has 0 atom stereocenters. The highest BCUT2D eigenvalue weighted by Crippen LogP contribution is 2.11. The number of hydrogen-bond acceptors (Lipinski definition) is 2. The van der Waals surface area contributed by atoms with Crippen molar-refractivity contribution in [1.82, 2.24) is 4.90 Å². The first-order chi connectivity index (χ1) is 9.61. The molecule has 0 saturated carbocycles. The number of methoxy groups -OCH3 is 1. The van der Waals surface area contributed by atoms with Crippen LogP contribution in [-0.2, 0) is 6.32 Å². The molecule has 0 saturated heterocycles. The highest BCUT2D eigenvalue weighted by Gasteiger charge is 1.97. The Morgan fingerprint density at radius 3 is 1.95 bits per heavy atom. The van der Waals surface area contributed by atoms with E-state index in [0.29, 0.717) is 0 Å². The van der Waals surface area contributed by atoms with Crippen molar-refractivity contribution in [3.8, 4) is 5.75 Å². The lowest BCUT2D eigenvalue weighted by molar-refractivity contribution is 0.414. The minimum Gasteiger partial charge on any atom is -0.497 e. The van der Waals surface area contributed by atoms with Gasteiger partial charge in [-0.25, -0.2) is 0 Å². The summed E-state index contributed by atoms with van der Waals surface area (Å²) in [5, 5.41) is 0. The minimum atomic E-state index is 0.906. The normalized spacial score (nSPS) is 9.65. The van der Waals surface area contributed by atoms with Gasteiger partial charge < -0.3 is 9.64 Å². The second kappa shape index (κ2) is 9.21. The molecule has 0 N–H and O–H groups in total. The van der Waals surface area contributed by atoms with E-state index < -0.39 is 0 Å². The van der Waals surface area contributed by atoms with Gasteiger partial charge in [0.25, 0.3) is 0 Å². The number of benzene rings is 2. The molecule has 0 aliphatic heterocycles. The van der Waals surface area contributed by atoms with E-state index in [1.54, 1.807) is 7.11 Å². The third-order valence-corrected chi connectivity index (χ3v) is 2.53. The summed E-state index contributed by atoms with van der Waals surface area (Å²) >= 11 is 0. The van der Waals surface area contributed by atoms with Crippen LogP contribution in [0.4, 0.5) is 0 Å². The van der Waals surface area contributed by atoms with Crippen LogP contribution < -0.4 is 10.2 Å². The zero-order chi connectivity index (χ0) is 14.8. The van der Waals surface area contributed by atoms with Gasteiger partial charge in [-0.05, 0) is 39.6 Å². The summed E-state index contributed by atoms with van der Waals surface area (Å²) in [6.07, 6.45) is 0.952. The Hall–Kier alpha value is -1.74. The molecule has 0 fully saturated rings. The topological polar surface area (TPSA) is 12.5 Å². The van der Waals surface area contributed by atoms with E-state index in [2.05, 4.69) is 43.7 Å². The lowest BCUT2D eigenvalue weighted by Gasteiger charge is -2.02. The van der Waals surface area contributed by atoms with E-state index in [-0.39, 0.29) is 0 Å². The Morgan fingerprint density at radius 1 is 0.900 bits per heavy atom. The van der Waals surface area contributed by atoms with Crippen molar-refractivity contribution < 1.29 is 4.74 Å². The van der Waals surface area contributed by atoms with Crippen LogP contribution in [0.15, 0.2) is 54.6 Å². The lowest BCUT2D eigenvalue weighted by atomic mass is 9.65. The minimum absolute atomic E-state index is 0.906. The Morgan fingerprint density at radius 2 is 1.45 bits per heavy atom. The van der Waals surface area contributed by atoms with E-state index in [1.807, 2.05) is 44.2 Å². The molecule has 2 aromatic rings. The third-order valence-electron chi connectivity index (χ3n) is 2.53. The van der Waals surface area contributed by atoms with Gasteiger partial charge in [-0.15, -0.1) is 0 Å². The first kappa shape index (κ1) is 16.3. The second-order valence-electron chi connectivity index (χ2n) is 5.01. The Bertz CT molecular complexity index is 465. The predicted octanol–water partition coefficient (Wildman–Crippen LogP) is 2.40. The zero-order valence-electron chi connectivity index (χ0n) is 12.8. The smallest absolute Gasteiger partial charge is 0.156 e. The molecule has 2 aromatic carbocycles. The van der Waals surface area contributed by atoms with Crippen LogP contribution in [0, 0.1) is 0 Å². The largest absolute Gasteiger partial charge is 0.497 e. The molecule has 0 unspecified atom stereocenters. The molecule has 20 heavy (non-hydrogen) atoms. The zero-order valence-corrected chi connectivity index (χ0v) is 12.8. The van der Waals surface area contributed by atoms with Gasteiger partial charge in [-0.1, -0.05) is 53.5 Å². The Balaban J connectivity index is 0.000000444. The van der Waals surface area contributed by atoms with Crippen molar-refractivity contribution in [2.45, 2.75) is 6.32 Å². The van der Waals surface area contributed by atoms with Crippen molar-refractivity contribution in [2.75, 3.05) is 28.3 Å². The fraction of sp³-hybridized carbons (Fsp3) is 0.294. The van der Waals surface area contributed by atoms with E-state index >= 15 is 0 Å². The average molecular weight is 268 g/mol. The molecule has 0 amide bonds. The van der Waals surface area contributed by atoms with E-state index in [0.717, 1.165) is 12.1 Å². The predicted molar refractivity (Wildman–Crippen MR) is 88.1 cm³/mol. The fourth-order valence-electron chi connectivity index (χ4n) is 1.59. The molecule has 0 aliphatic rings. The molecule has 3 heteroatoms. The summed E-state index contributed by atoms with van der Waals surface area (Å²) in [4.78, 5) is 2.00. The van der Waals surface area contributed by atoms with Crippen LogP contribution in [0.3, 0.4) is 0 Å². The third kappa shape index (κ3) is 7.00. The van der Waals surface area contributed by atoms with Crippen molar-refractivity contribution in [2.24, 2.45) is 0 Å². The van der Waals surface area contributed by atoms with E-state index in [9.17, 15) is 0 Å². The molecule has 2 rings (SSSR count). The molecule has 1 radical (unpaired) electrons. The summed E-state index contributed by atoms with van der Waals surface area (Å²) in [5.41, 5.74) is 2.56. The summed E-state index contributed by atoms with van der Waals surface area (Å²) in [7, 11) is 9.91. The first-order valence-electron chi connectivity index (χ1n) is 6.74. The summed E-state index contributed by atoms with van der Waals surface area (Å²) < 4.78 is 5.12. The monoisotopic (exact) mass is 268 g/mol. The summed E-state index contributed by atoms with van der Waals surface area (Å²) in [5.74, 6) is 0.906. The number of ether oxygens (including phenoxy) is 1. The molecular formula is C17H23BNO. The van der Waals surface area contributed by atoms with Crippen LogP contribution in [0.5, 0.6) is 5.75 Å². The van der Waals surface area contributed by atoms with E-state index in [4.69, 9.17) is 4.74 Å². The highest BCUT2D eigenvalue weighted by atomic mass is 16.5. The van der Waals surface area contributed by atoms with Gasteiger partial charge in [0.05, 0.1) is 7.11 Å². The maximum Gasteiger partial charge on any atom is 0.156 e. The molecule has 105 valence electrons. The molecule has 0 aliphatic carbocycles. The number of nitrogens with zero attached hydrogens (tertiary/aromatic N) is 1. The van der Waals surface area contributed by atoms with Crippen molar-refractivity contribution in [1.29, 1.82) is 0 Å². The lowest BCUT2D eigenvalue weighted by Crippen LogP contribution is -2.15. The highest BCUT2D eigenvalue weighted by molar-refractivity contribution is 6.52. The van der Waals surface area contributed by atoms with Crippen LogP contribution in [0.25, 0.3) is 0 Å². The summed E-state index contributed by atoms with van der Waals surface area (Å²) in [6.45, 7) is 0. The molecule has 0 bridgehead atoms. The van der Waals surface area contributed by atoms with Gasteiger partial charge in [0.15, 0.2) is 7.28 Å². The molecule has 2 nitrogen and oxygen atoms in total. The van der Waals surface area contributed by atoms with E-state index in [1.165, 1.54) is 11.0 Å². The van der Waals surface area contributed by atoms with Crippen LogP contribution in [0.2, 0.25) is 0 Å². The average Bonchev–Trinajstić information content (AvgIpc) is 2.46. The number of rotatable bonds is 4. The molecule has 0 heterocycles. The maximum absolute atomic E-state index is 5.12. The van der Waals surface area contributed by atoms with Gasteiger partial charge in [-0.2, -0.15) is 0 Å². The molecule has 0 spiro atoms. The van der Waals surface area contributed by atoms with Crippen LogP contribution in [0.1, 0.15) is 5.56 Å². The number of hydrogen-bond donors (Lipinski definition) is 0. The van der Waals surface area contributed by atoms with Gasteiger partial charge in [0.1, 0.15) is 5.75 Å². The second-order valence-corrected chi connectivity index (χ2v) is 5.01. The maximum atomic E-state index is 5.12. The van der Waals surface area contributed by atoms with Gasteiger partial charge in [0, 0.05) is 0 Å². The molecular weight excluding hydrogens is 245 g/mol. The first-order valence-corrected chi connectivity index (χ1v) is 6.74. The summed E-state index contributed by atoms with van der Waals surface area (Å²) in [6, 6.07) is 18.6. The van der Waals surface area contributed by atoms with Gasteiger partial charge in [-0.3, -0.25) is 0 Å². The Labute approximate surface area is 123 Å².